The zero-order valence-electron chi connectivity index (χ0n) is 17.9. The fourth-order valence-electron chi connectivity index (χ4n) is 4.33. The summed E-state index contributed by atoms with van der Waals surface area (Å²) < 4.78 is 6.13. The molecule has 1 saturated heterocycles. The number of fused-ring (bicyclic) bond motifs is 2. The molecule has 0 saturated carbocycles. The third-order valence-corrected chi connectivity index (χ3v) is 6.44. The summed E-state index contributed by atoms with van der Waals surface area (Å²) in [5.74, 6) is -0.00196. The first-order valence-electron chi connectivity index (χ1n) is 10.2. The summed E-state index contributed by atoms with van der Waals surface area (Å²) in [5, 5.41) is 2.60. The highest BCUT2D eigenvalue weighted by Gasteiger charge is 2.37. The van der Waals surface area contributed by atoms with Crippen LogP contribution in [0.25, 0.3) is 6.08 Å². The van der Waals surface area contributed by atoms with E-state index < -0.39 is 11.8 Å². The van der Waals surface area contributed by atoms with Crippen molar-refractivity contribution >= 4 is 52.5 Å². The molecule has 5 rings (SSSR count). The standard InChI is InChI=1S/C25H21N3O3S/c1-25(2)17-8-4-6-10-19(17)28(20-11-7-5-9-18(20)25)21-13-12-15(31-21)14-16-22(29)26-24(32)27(3)23(16)30/h4-14H,1-3H3,(H,26,29,32)/b16-14-. The van der Waals surface area contributed by atoms with Crippen LogP contribution in [0.3, 0.4) is 0 Å². The number of para-hydroxylation sites is 2. The van der Waals surface area contributed by atoms with Gasteiger partial charge in [-0.1, -0.05) is 50.2 Å². The minimum atomic E-state index is -0.536. The summed E-state index contributed by atoms with van der Waals surface area (Å²) in [5.41, 5.74) is 4.24. The maximum atomic E-state index is 12.5. The predicted molar refractivity (Wildman–Crippen MR) is 127 cm³/mol. The molecule has 0 unspecified atom stereocenters. The zero-order chi connectivity index (χ0) is 22.6. The van der Waals surface area contributed by atoms with Crippen LogP contribution in [-0.4, -0.2) is 28.9 Å². The van der Waals surface area contributed by atoms with Crippen molar-refractivity contribution in [3.05, 3.63) is 83.1 Å². The molecule has 3 heterocycles. The van der Waals surface area contributed by atoms with Crippen molar-refractivity contribution in [1.29, 1.82) is 0 Å². The molecule has 0 spiro atoms. The lowest BCUT2D eigenvalue weighted by molar-refractivity contribution is -0.128. The van der Waals surface area contributed by atoms with Gasteiger partial charge in [-0.2, -0.15) is 0 Å². The van der Waals surface area contributed by atoms with Crippen molar-refractivity contribution in [3.63, 3.8) is 0 Å². The fourth-order valence-corrected chi connectivity index (χ4v) is 4.51. The Bertz CT molecular complexity index is 1270. The van der Waals surface area contributed by atoms with E-state index in [9.17, 15) is 9.59 Å². The topological polar surface area (TPSA) is 65.8 Å². The van der Waals surface area contributed by atoms with Gasteiger partial charge >= 0.3 is 0 Å². The van der Waals surface area contributed by atoms with E-state index in [-0.39, 0.29) is 16.1 Å². The monoisotopic (exact) mass is 443 g/mol. The summed E-state index contributed by atoms with van der Waals surface area (Å²) in [7, 11) is 1.52. The van der Waals surface area contributed by atoms with Crippen molar-refractivity contribution in [3.8, 4) is 0 Å². The number of amides is 2. The van der Waals surface area contributed by atoms with E-state index in [1.165, 1.54) is 29.2 Å². The predicted octanol–water partition coefficient (Wildman–Crippen LogP) is 4.65. The number of likely N-dealkylation sites (N-methyl/N-ethyl adjacent to an activating group) is 1. The van der Waals surface area contributed by atoms with Crippen molar-refractivity contribution < 1.29 is 14.0 Å². The number of benzene rings is 2. The molecule has 0 atom stereocenters. The maximum absolute atomic E-state index is 12.5. The van der Waals surface area contributed by atoms with Gasteiger partial charge in [0.2, 0.25) is 5.88 Å². The second kappa shape index (κ2) is 7.17. The first-order chi connectivity index (χ1) is 15.3. The average molecular weight is 444 g/mol. The minimum Gasteiger partial charge on any atom is -0.440 e. The quantitative estimate of drug-likeness (QED) is 0.355. The molecule has 160 valence electrons. The zero-order valence-corrected chi connectivity index (χ0v) is 18.7. The van der Waals surface area contributed by atoms with Gasteiger partial charge in [0.15, 0.2) is 5.11 Å². The van der Waals surface area contributed by atoms with Gasteiger partial charge in [0.1, 0.15) is 11.3 Å². The van der Waals surface area contributed by atoms with Gasteiger partial charge in [-0.05, 0) is 47.6 Å². The molecule has 0 aliphatic carbocycles. The van der Waals surface area contributed by atoms with Crippen LogP contribution in [0.2, 0.25) is 0 Å². The summed E-state index contributed by atoms with van der Waals surface area (Å²) in [6.07, 6.45) is 1.45. The molecule has 0 bridgehead atoms. The van der Waals surface area contributed by atoms with Crippen LogP contribution in [0.5, 0.6) is 0 Å². The number of hydrogen-bond acceptors (Lipinski definition) is 5. The molecule has 1 fully saturated rings. The third kappa shape index (κ3) is 2.97. The summed E-state index contributed by atoms with van der Waals surface area (Å²) in [4.78, 5) is 28.1. The van der Waals surface area contributed by atoms with Crippen LogP contribution in [0.1, 0.15) is 30.7 Å². The summed E-state index contributed by atoms with van der Waals surface area (Å²) >= 11 is 5.00. The van der Waals surface area contributed by atoms with Crippen LogP contribution in [0.4, 0.5) is 17.3 Å². The van der Waals surface area contributed by atoms with E-state index >= 15 is 0 Å². The van der Waals surface area contributed by atoms with Crippen LogP contribution in [0.15, 0.2) is 70.7 Å². The summed E-state index contributed by atoms with van der Waals surface area (Å²) in [6.45, 7) is 4.43. The van der Waals surface area contributed by atoms with Gasteiger partial charge in [0.05, 0.1) is 11.4 Å². The number of hydrogen-bond donors (Lipinski definition) is 1. The first-order valence-corrected chi connectivity index (χ1v) is 10.6. The maximum Gasteiger partial charge on any atom is 0.265 e. The highest BCUT2D eigenvalue weighted by molar-refractivity contribution is 7.80. The van der Waals surface area contributed by atoms with Crippen LogP contribution in [0, 0.1) is 0 Å². The Balaban J connectivity index is 1.60. The Kier molecular flexibility index (Phi) is 4.53. The molecule has 7 heteroatoms. The summed E-state index contributed by atoms with van der Waals surface area (Å²) in [6, 6.07) is 20.1. The fraction of sp³-hybridized carbons (Fsp3) is 0.160. The number of nitrogens with one attached hydrogen (secondary N) is 1. The molecule has 1 N–H and O–H groups in total. The Morgan fingerprint density at radius 1 is 0.938 bits per heavy atom. The Morgan fingerprint density at radius 2 is 1.53 bits per heavy atom. The van der Waals surface area contributed by atoms with Crippen LogP contribution >= 0.6 is 12.2 Å². The smallest absolute Gasteiger partial charge is 0.265 e. The van der Waals surface area contributed by atoms with E-state index in [0.29, 0.717) is 11.6 Å². The van der Waals surface area contributed by atoms with Crippen LogP contribution in [-0.2, 0) is 15.0 Å². The number of carbonyl (C=O) groups excluding carboxylic acids is 2. The largest absolute Gasteiger partial charge is 0.440 e. The van der Waals surface area contributed by atoms with Gasteiger partial charge in [-0.15, -0.1) is 0 Å². The number of carbonyl (C=O) groups is 2. The normalized spacial score (nSPS) is 18.5. The Morgan fingerprint density at radius 3 is 2.16 bits per heavy atom. The SMILES string of the molecule is CN1C(=O)/C(=C\c2ccc(N3c4ccccc4C(C)(C)c4ccccc43)o2)C(=O)NC1=S. The van der Waals surface area contributed by atoms with E-state index in [1.807, 2.05) is 30.3 Å². The molecule has 0 radical (unpaired) electrons. The lowest BCUT2D eigenvalue weighted by atomic mass is 9.74. The number of furan rings is 1. The molecule has 1 aromatic heterocycles. The molecule has 6 nitrogen and oxygen atoms in total. The van der Waals surface area contributed by atoms with Crippen molar-refractivity contribution in [2.75, 3.05) is 11.9 Å². The average Bonchev–Trinajstić information content (AvgIpc) is 3.24. The lowest BCUT2D eigenvalue weighted by Gasteiger charge is -2.40. The molecule has 2 aliphatic heterocycles. The second-order valence-corrected chi connectivity index (χ2v) is 8.74. The molecular weight excluding hydrogens is 422 g/mol. The lowest BCUT2D eigenvalue weighted by Crippen LogP contribution is -2.52. The van der Waals surface area contributed by atoms with Crippen LogP contribution < -0.4 is 10.2 Å². The number of rotatable bonds is 2. The number of thiocarbonyl (C=S) groups is 1. The van der Waals surface area contributed by atoms with Gasteiger partial charge < -0.3 is 4.42 Å². The van der Waals surface area contributed by atoms with E-state index in [4.69, 9.17) is 16.6 Å². The minimum absolute atomic E-state index is 0.0254. The second-order valence-electron chi connectivity index (χ2n) is 8.35. The highest BCUT2D eigenvalue weighted by atomic mass is 32.1. The van der Waals surface area contributed by atoms with Crippen molar-refractivity contribution in [2.45, 2.75) is 19.3 Å². The van der Waals surface area contributed by atoms with Gasteiger partial charge in [0, 0.05) is 18.5 Å². The first kappa shape index (κ1) is 20.2. The highest BCUT2D eigenvalue weighted by Crippen LogP contribution is 2.51. The van der Waals surface area contributed by atoms with E-state index in [0.717, 1.165) is 11.4 Å². The molecule has 32 heavy (non-hydrogen) atoms. The van der Waals surface area contributed by atoms with E-state index in [2.05, 4.69) is 48.3 Å². The van der Waals surface area contributed by atoms with Crippen molar-refractivity contribution in [1.82, 2.24) is 10.2 Å². The Labute approximate surface area is 191 Å². The molecule has 2 amide bonds. The van der Waals surface area contributed by atoms with Gasteiger partial charge in [0.25, 0.3) is 11.8 Å². The number of nitrogens with zero attached hydrogens (tertiary/aromatic N) is 2. The Hall–Kier alpha value is -3.71. The number of anilines is 3. The van der Waals surface area contributed by atoms with Crippen molar-refractivity contribution in [2.24, 2.45) is 0 Å². The molecular formula is C25H21N3O3S. The van der Waals surface area contributed by atoms with E-state index in [1.54, 1.807) is 6.07 Å². The molecule has 3 aromatic rings. The van der Waals surface area contributed by atoms with Gasteiger partial charge in [-0.3, -0.25) is 24.7 Å². The third-order valence-electron chi connectivity index (χ3n) is 6.06. The molecule has 2 aromatic carbocycles. The molecule has 2 aliphatic rings. The van der Waals surface area contributed by atoms with Gasteiger partial charge in [-0.25, -0.2) is 0 Å².